The number of rotatable bonds is 6. The molecular weight excluding hydrogens is 222 g/mol. The first-order valence-electron chi connectivity index (χ1n) is 5.15. The van der Waals surface area contributed by atoms with E-state index in [0.717, 1.165) is 24.4 Å². The number of thiocarbonyl (C=S) groups is 1. The molecule has 0 aromatic carbocycles. The molecule has 0 saturated carbocycles. The van der Waals surface area contributed by atoms with Gasteiger partial charge >= 0.3 is 0 Å². The van der Waals surface area contributed by atoms with Gasteiger partial charge in [0.15, 0.2) is 0 Å². The van der Waals surface area contributed by atoms with Crippen LogP contribution < -0.4 is 11.1 Å². The molecule has 0 aliphatic carbocycles. The number of aromatic nitrogens is 1. The second kappa shape index (κ2) is 6.40. The van der Waals surface area contributed by atoms with Crippen LogP contribution in [0.1, 0.15) is 18.9 Å². The molecular formula is C11H17N3OS. The first-order valence-corrected chi connectivity index (χ1v) is 5.55. The van der Waals surface area contributed by atoms with Crippen LogP contribution >= 0.6 is 12.2 Å². The molecule has 0 aliphatic rings. The van der Waals surface area contributed by atoms with Gasteiger partial charge < -0.3 is 15.8 Å². The predicted octanol–water partition coefficient (Wildman–Crippen LogP) is 1.55. The first-order chi connectivity index (χ1) is 7.63. The summed E-state index contributed by atoms with van der Waals surface area (Å²) in [5.41, 5.74) is 6.27. The smallest absolute Gasteiger partial charge is 0.126 e. The summed E-state index contributed by atoms with van der Waals surface area (Å²) in [6.07, 6.45) is 2.61. The summed E-state index contributed by atoms with van der Waals surface area (Å²) in [4.78, 5) is 4.60. The van der Waals surface area contributed by atoms with Crippen LogP contribution in [0.15, 0.2) is 18.3 Å². The lowest BCUT2D eigenvalue weighted by Crippen LogP contribution is -2.18. The molecule has 0 radical (unpaired) electrons. The van der Waals surface area contributed by atoms with Crippen LogP contribution in [0, 0.1) is 0 Å². The molecule has 1 rings (SSSR count). The average Bonchev–Trinajstić information content (AvgIpc) is 2.27. The molecule has 1 unspecified atom stereocenters. The molecule has 0 fully saturated rings. The van der Waals surface area contributed by atoms with Crippen molar-refractivity contribution >= 4 is 23.0 Å². The Morgan fingerprint density at radius 2 is 2.38 bits per heavy atom. The Morgan fingerprint density at radius 1 is 1.62 bits per heavy atom. The second-order valence-electron chi connectivity index (χ2n) is 3.62. The van der Waals surface area contributed by atoms with Gasteiger partial charge in [-0.1, -0.05) is 12.2 Å². The van der Waals surface area contributed by atoms with Crippen LogP contribution in [0.2, 0.25) is 0 Å². The molecule has 1 aromatic heterocycles. The Balaban J connectivity index is 2.51. The van der Waals surface area contributed by atoms with Gasteiger partial charge in [-0.05, 0) is 25.5 Å². The van der Waals surface area contributed by atoms with Gasteiger partial charge in [-0.3, -0.25) is 0 Å². The van der Waals surface area contributed by atoms with Gasteiger partial charge in [-0.25, -0.2) is 4.98 Å². The van der Waals surface area contributed by atoms with E-state index in [1.807, 2.05) is 12.1 Å². The summed E-state index contributed by atoms with van der Waals surface area (Å²) >= 11 is 4.85. The fourth-order valence-electron chi connectivity index (χ4n) is 1.24. The van der Waals surface area contributed by atoms with Crippen molar-refractivity contribution in [1.29, 1.82) is 0 Å². The van der Waals surface area contributed by atoms with Gasteiger partial charge in [0.25, 0.3) is 0 Å². The maximum Gasteiger partial charge on any atom is 0.126 e. The Morgan fingerprint density at radius 3 is 2.88 bits per heavy atom. The van der Waals surface area contributed by atoms with E-state index in [4.69, 9.17) is 22.7 Å². The molecule has 1 heterocycles. The minimum Gasteiger partial charge on any atom is -0.389 e. The monoisotopic (exact) mass is 239 g/mol. The van der Waals surface area contributed by atoms with E-state index >= 15 is 0 Å². The first kappa shape index (κ1) is 12.9. The van der Waals surface area contributed by atoms with Gasteiger partial charge in [0.05, 0.1) is 0 Å². The van der Waals surface area contributed by atoms with Gasteiger partial charge in [0.2, 0.25) is 0 Å². The summed E-state index contributed by atoms with van der Waals surface area (Å²) in [6.45, 7) is 2.82. The molecule has 1 atom stereocenters. The molecule has 0 amide bonds. The molecule has 5 heteroatoms. The molecule has 0 spiro atoms. The number of methoxy groups -OCH3 is 1. The van der Waals surface area contributed by atoms with Crippen LogP contribution in [-0.4, -0.2) is 29.7 Å². The van der Waals surface area contributed by atoms with E-state index < -0.39 is 0 Å². The van der Waals surface area contributed by atoms with E-state index in [1.165, 1.54) is 0 Å². The summed E-state index contributed by atoms with van der Waals surface area (Å²) in [6, 6.07) is 4.06. The summed E-state index contributed by atoms with van der Waals surface area (Å²) in [5.74, 6) is 0.823. The van der Waals surface area contributed by atoms with Crippen LogP contribution in [-0.2, 0) is 4.74 Å². The normalized spacial score (nSPS) is 12.1. The lowest BCUT2D eigenvalue weighted by Gasteiger charge is -2.13. The molecule has 4 nitrogen and oxygen atoms in total. The van der Waals surface area contributed by atoms with Gasteiger partial charge in [-0.2, -0.15) is 0 Å². The maximum atomic E-state index is 5.49. The topological polar surface area (TPSA) is 60.2 Å². The highest BCUT2D eigenvalue weighted by Crippen LogP contribution is 2.07. The Labute approximate surface area is 101 Å². The highest BCUT2D eigenvalue weighted by molar-refractivity contribution is 7.80. The number of nitrogens with zero attached hydrogens (tertiary/aromatic N) is 1. The van der Waals surface area contributed by atoms with Crippen molar-refractivity contribution < 1.29 is 4.74 Å². The standard InChI is InChI=1S/C11H17N3OS/c1-8(5-6-15-2)14-10-4-3-9(7-13-10)11(12)16/h3-4,7-8H,5-6H2,1-2H3,(H2,12,16)(H,13,14). The Kier molecular flexibility index (Phi) is 5.14. The van der Waals surface area contributed by atoms with Crippen molar-refractivity contribution in [2.45, 2.75) is 19.4 Å². The van der Waals surface area contributed by atoms with Gasteiger partial charge in [-0.15, -0.1) is 0 Å². The summed E-state index contributed by atoms with van der Waals surface area (Å²) in [5, 5.41) is 3.27. The summed E-state index contributed by atoms with van der Waals surface area (Å²) in [7, 11) is 1.70. The van der Waals surface area contributed by atoms with E-state index in [2.05, 4.69) is 17.2 Å². The van der Waals surface area contributed by atoms with Crippen molar-refractivity contribution in [3.63, 3.8) is 0 Å². The van der Waals surface area contributed by atoms with E-state index in [0.29, 0.717) is 11.0 Å². The van der Waals surface area contributed by atoms with Gasteiger partial charge in [0, 0.05) is 31.5 Å². The third kappa shape index (κ3) is 4.12. The zero-order valence-electron chi connectivity index (χ0n) is 9.56. The van der Waals surface area contributed by atoms with Crippen molar-refractivity contribution in [1.82, 2.24) is 4.98 Å². The summed E-state index contributed by atoms with van der Waals surface area (Å²) < 4.78 is 5.01. The minimum atomic E-state index is 0.322. The Bertz CT molecular complexity index is 340. The number of pyridine rings is 1. The third-order valence-corrected chi connectivity index (χ3v) is 2.43. The fraction of sp³-hybridized carbons (Fsp3) is 0.455. The number of hydrogen-bond donors (Lipinski definition) is 2. The number of nitrogens with one attached hydrogen (secondary N) is 1. The third-order valence-electron chi connectivity index (χ3n) is 2.20. The number of nitrogens with two attached hydrogens (primary N) is 1. The van der Waals surface area contributed by atoms with Crippen LogP contribution in [0.4, 0.5) is 5.82 Å². The van der Waals surface area contributed by atoms with E-state index in [-0.39, 0.29) is 0 Å². The highest BCUT2D eigenvalue weighted by atomic mass is 32.1. The highest BCUT2D eigenvalue weighted by Gasteiger charge is 2.03. The maximum absolute atomic E-state index is 5.49. The van der Waals surface area contributed by atoms with Crippen molar-refractivity contribution in [3.05, 3.63) is 23.9 Å². The average molecular weight is 239 g/mol. The zero-order valence-corrected chi connectivity index (χ0v) is 10.4. The lowest BCUT2D eigenvalue weighted by molar-refractivity contribution is 0.191. The number of ether oxygens (including phenoxy) is 1. The number of anilines is 1. The fourth-order valence-corrected chi connectivity index (χ4v) is 1.36. The van der Waals surface area contributed by atoms with Crippen LogP contribution in [0.3, 0.4) is 0 Å². The molecule has 0 saturated heterocycles. The van der Waals surface area contributed by atoms with E-state index in [1.54, 1.807) is 13.3 Å². The second-order valence-corrected chi connectivity index (χ2v) is 4.06. The quantitative estimate of drug-likeness (QED) is 0.738. The molecule has 0 aliphatic heterocycles. The number of hydrogen-bond acceptors (Lipinski definition) is 4. The SMILES string of the molecule is COCCC(C)Nc1ccc(C(N)=S)cn1. The lowest BCUT2D eigenvalue weighted by atomic mass is 10.2. The van der Waals surface area contributed by atoms with Crippen molar-refractivity contribution in [3.8, 4) is 0 Å². The van der Waals surface area contributed by atoms with Crippen LogP contribution in [0.25, 0.3) is 0 Å². The minimum absolute atomic E-state index is 0.322. The largest absolute Gasteiger partial charge is 0.389 e. The zero-order chi connectivity index (χ0) is 12.0. The molecule has 0 bridgehead atoms. The Hall–Kier alpha value is -1.20. The van der Waals surface area contributed by atoms with Crippen molar-refractivity contribution in [2.75, 3.05) is 19.0 Å². The molecule has 3 N–H and O–H groups in total. The van der Waals surface area contributed by atoms with Gasteiger partial charge in [0.1, 0.15) is 10.8 Å². The molecule has 88 valence electrons. The van der Waals surface area contributed by atoms with Crippen molar-refractivity contribution in [2.24, 2.45) is 5.73 Å². The molecule has 16 heavy (non-hydrogen) atoms. The predicted molar refractivity (Wildman–Crippen MR) is 69.7 cm³/mol. The van der Waals surface area contributed by atoms with Crippen LogP contribution in [0.5, 0.6) is 0 Å². The van der Waals surface area contributed by atoms with E-state index in [9.17, 15) is 0 Å². The molecule has 1 aromatic rings.